The zero-order chi connectivity index (χ0) is 35.1. The molecule has 1 atom stereocenters. The molecule has 3 amide bonds. The van der Waals surface area contributed by atoms with Crippen molar-refractivity contribution in [3.05, 3.63) is 47.3 Å². The second-order valence-electron chi connectivity index (χ2n) is 11.6. The number of piperidine rings is 1. The van der Waals surface area contributed by atoms with E-state index in [4.69, 9.17) is 9.81 Å². The van der Waals surface area contributed by atoms with Crippen LogP contribution in [0.15, 0.2) is 30.3 Å². The predicted molar refractivity (Wildman–Crippen MR) is 163 cm³/mol. The molecule has 0 bridgehead atoms. The summed E-state index contributed by atoms with van der Waals surface area (Å²) in [7, 11) is -4.21. The molecule has 2 aromatic rings. The third-order valence-electron chi connectivity index (χ3n) is 8.04. The molecule has 1 aromatic heterocycles. The molecule has 2 aliphatic rings. The van der Waals surface area contributed by atoms with E-state index < -0.39 is 70.6 Å². The van der Waals surface area contributed by atoms with Gasteiger partial charge in [-0.25, -0.2) is 23.5 Å². The summed E-state index contributed by atoms with van der Waals surface area (Å²) in [5.41, 5.74) is 1.24. The molecule has 4 rings (SSSR count). The first-order valence-corrected chi connectivity index (χ1v) is 16.7. The van der Waals surface area contributed by atoms with Gasteiger partial charge in [0, 0.05) is 45.2 Å². The number of anilines is 2. The predicted octanol–water partition coefficient (Wildman–Crippen LogP) is 2.73. The van der Waals surface area contributed by atoms with Gasteiger partial charge in [0.15, 0.2) is 0 Å². The summed E-state index contributed by atoms with van der Waals surface area (Å²) in [6.45, 7) is -0.384. The van der Waals surface area contributed by atoms with Crippen LogP contribution in [-0.2, 0) is 27.5 Å². The summed E-state index contributed by atoms with van der Waals surface area (Å²) in [6, 6.07) is 7.67. The highest BCUT2D eigenvalue weighted by Gasteiger charge is 2.49. The van der Waals surface area contributed by atoms with Crippen molar-refractivity contribution in [2.45, 2.75) is 50.2 Å². The molecule has 19 heteroatoms. The van der Waals surface area contributed by atoms with E-state index in [9.17, 15) is 40.0 Å². The summed E-state index contributed by atoms with van der Waals surface area (Å²) in [4.78, 5) is 34.6. The number of rotatable bonds is 12. The Bertz CT molecular complexity index is 1600. The number of halogens is 5. The molecular formula is C29H35F5N8O5S. The number of hydrogen-bond acceptors (Lipinski definition) is 9. The number of nitrogens with one attached hydrogen (secondary N) is 3. The minimum Gasteiger partial charge on any atom is -0.356 e. The molecule has 48 heavy (non-hydrogen) atoms. The number of aromatic nitrogens is 2. The summed E-state index contributed by atoms with van der Waals surface area (Å²) in [6.07, 6.45) is -3.97. The largest absolute Gasteiger partial charge is 0.451 e. The number of urea groups is 1. The normalized spacial score (nSPS) is 18.3. The molecule has 1 aromatic carbocycles. The first-order valence-electron chi connectivity index (χ1n) is 15.1. The second kappa shape index (κ2) is 15.3. The average Bonchev–Trinajstić information content (AvgIpc) is 3.36. The number of nitriles is 1. The molecule has 13 nitrogen and oxygen atoms in total. The Morgan fingerprint density at radius 2 is 1.67 bits per heavy atom. The van der Waals surface area contributed by atoms with Gasteiger partial charge in [0.1, 0.15) is 17.7 Å². The molecule has 262 valence electrons. The summed E-state index contributed by atoms with van der Waals surface area (Å²) >= 11 is 0. The van der Waals surface area contributed by atoms with Crippen molar-refractivity contribution in [3.63, 3.8) is 0 Å². The van der Waals surface area contributed by atoms with Crippen LogP contribution in [0.4, 0.5) is 38.4 Å². The van der Waals surface area contributed by atoms with E-state index in [1.165, 1.54) is 6.07 Å². The molecule has 2 aliphatic heterocycles. The Kier molecular flexibility index (Phi) is 11.6. The van der Waals surface area contributed by atoms with Crippen LogP contribution in [0.5, 0.6) is 0 Å². The smallest absolute Gasteiger partial charge is 0.356 e. The monoisotopic (exact) mass is 702 g/mol. The van der Waals surface area contributed by atoms with Crippen LogP contribution in [-0.4, -0.2) is 91.9 Å². The lowest BCUT2D eigenvalue weighted by atomic mass is 9.93. The van der Waals surface area contributed by atoms with Crippen LogP contribution in [0.1, 0.15) is 42.6 Å². The lowest BCUT2D eigenvalue weighted by Crippen LogP contribution is -2.44. The molecule has 2 fully saturated rings. The molecule has 0 saturated carbocycles. The Labute approximate surface area is 273 Å². The highest BCUT2D eigenvalue weighted by Crippen LogP contribution is 2.38. The molecule has 0 unspecified atom stereocenters. The van der Waals surface area contributed by atoms with E-state index in [2.05, 4.69) is 25.9 Å². The summed E-state index contributed by atoms with van der Waals surface area (Å²) < 4.78 is 101. The van der Waals surface area contributed by atoms with Crippen LogP contribution in [0, 0.1) is 17.2 Å². The summed E-state index contributed by atoms with van der Waals surface area (Å²) in [5.74, 6) is -6.75. The number of amides is 3. The highest BCUT2D eigenvalue weighted by atomic mass is 32.2. The van der Waals surface area contributed by atoms with Crippen LogP contribution in [0.25, 0.3) is 0 Å². The first-order chi connectivity index (χ1) is 22.5. The van der Waals surface area contributed by atoms with E-state index in [1.54, 1.807) is 29.2 Å². The molecule has 0 spiro atoms. The Balaban J connectivity index is 1.39. The molecular weight excluding hydrogens is 667 g/mol. The molecule has 4 N–H and O–H groups in total. The van der Waals surface area contributed by atoms with Gasteiger partial charge < -0.3 is 25.8 Å². The zero-order valence-corrected chi connectivity index (χ0v) is 26.5. The maximum absolute atomic E-state index is 14.7. The van der Waals surface area contributed by atoms with Crippen molar-refractivity contribution in [1.29, 1.82) is 5.26 Å². The Hall–Kier alpha value is -4.31. The average molecular weight is 703 g/mol. The minimum absolute atomic E-state index is 0.0760. The fourth-order valence-corrected chi connectivity index (χ4v) is 5.90. The van der Waals surface area contributed by atoms with Gasteiger partial charge in [0.05, 0.1) is 23.9 Å². The molecule has 3 heterocycles. The third kappa shape index (κ3) is 10.6. The van der Waals surface area contributed by atoms with Crippen LogP contribution in [0.2, 0.25) is 0 Å². The number of nitrogens with zero attached hydrogens (tertiary/aromatic N) is 5. The van der Waals surface area contributed by atoms with Gasteiger partial charge in [-0.15, -0.1) is 0 Å². The number of alkyl halides is 5. The van der Waals surface area contributed by atoms with Gasteiger partial charge in [-0.1, -0.05) is 12.1 Å². The third-order valence-corrected chi connectivity index (χ3v) is 8.76. The van der Waals surface area contributed by atoms with Crippen molar-refractivity contribution in [3.8, 4) is 6.07 Å². The number of carbonyl (C=O) groups is 2. The van der Waals surface area contributed by atoms with Gasteiger partial charge in [-0.3, -0.25) is 9.35 Å². The molecule has 0 radical (unpaired) electrons. The van der Waals surface area contributed by atoms with E-state index >= 15 is 0 Å². The number of hydrogen-bond donors (Lipinski definition) is 4. The maximum Gasteiger partial charge on any atom is 0.451 e. The Morgan fingerprint density at radius 1 is 1.02 bits per heavy atom. The topological polar surface area (TPSA) is 181 Å². The van der Waals surface area contributed by atoms with E-state index in [1.807, 2.05) is 6.07 Å². The maximum atomic E-state index is 14.7. The zero-order valence-electron chi connectivity index (χ0n) is 25.6. The van der Waals surface area contributed by atoms with E-state index in [-0.39, 0.29) is 44.5 Å². The SMILES string of the molecule is N#Cc1ccc(CCNC(=O)[C@@H]2CC(F)(F)CN2c2cc(N3CCC(CCNC(=O)NCCS(=O)(=O)O)CC3)nc(C(F)(F)F)n2)cc1. The number of carbonyl (C=O) groups excluding carboxylic acids is 2. The van der Waals surface area contributed by atoms with Gasteiger partial charge in [0.2, 0.25) is 11.7 Å². The van der Waals surface area contributed by atoms with Gasteiger partial charge in [0.25, 0.3) is 16.0 Å². The van der Waals surface area contributed by atoms with Gasteiger partial charge in [-0.05, 0) is 49.3 Å². The van der Waals surface area contributed by atoms with Crippen molar-refractivity contribution in [1.82, 2.24) is 25.9 Å². The van der Waals surface area contributed by atoms with Crippen molar-refractivity contribution < 1.29 is 44.5 Å². The quantitative estimate of drug-likeness (QED) is 0.190. The van der Waals surface area contributed by atoms with Crippen LogP contribution < -0.4 is 25.8 Å². The molecule has 0 aliphatic carbocycles. The van der Waals surface area contributed by atoms with Crippen molar-refractivity contribution in [2.24, 2.45) is 5.92 Å². The lowest BCUT2D eigenvalue weighted by molar-refractivity contribution is -0.144. The molecule has 2 saturated heterocycles. The summed E-state index contributed by atoms with van der Waals surface area (Å²) in [5, 5.41) is 16.4. The standard InChI is InChI=1S/C29H35F5N8O5S/c30-28(31)16-22(25(43)36-9-5-19-1-3-21(17-35)4-2-19)42(18-28)24-15-23(39-26(40-24)29(32,33)34)41-12-7-20(8-13-41)6-10-37-27(44)38-11-14-48(45,46)47/h1-4,15,20,22H,5-14,16,18H2,(H,36,43)(H2,37,38,44)(H,45,46,47)/t22-/m0/s1. The van der Waals surface area contributed by atoms with E-state index in [0.29, 0.717) is 31.2 Å². The number of benzene rings is 1. The van der Waals surface area contributed by atoms with E-state index in [0.717, 1.165) is 10.5 Å². The highest BCUT2D eigenvalue weighted by molar-refractivity contribution is 7.85. The fourth-order valence-electron chi connectivity index (χ4n) is 5.54. The lowest BCUT2D eigenvalue weighted by Gasteiger charge is -2.34. The Morgan fingerprint density at radius 3 is 2.29 bits per heavy atom. The first kappa shape index (κ1) is 36.5. The van der Waals surface area contributed by atoms with Crippen LogP contribution >= 0.6 is 0 Å². The second-order valence-corrected chi connectivity index (χ2v) is 13.2. The minimum atomic E-state index is -4.99. The van der Waals surface area contributed by atoms with Crippen LogP contribution in [0.3, 0.4) is 0 Å². The van der Waals surface area contributed by atoms with Crippen molar-refractivity contribution in [2.75, 3.05) is 54.8 Å². The van der Waals surface area contributed by atoms with Gasteiger partial charge >= 0.3 is 12.2 Å². The fraction of sp³-hybridized carbons (Fsp3) is 0.552. The van der Waals surface area contributed by atoms with Gasteiger partial charge in [-0.2, -0.15) is 26.9 Å². The van der Waals surface area contributed by atoms with Crippen molar-refractivity contribution >= 4 is 33.7 Å².